The number of hydrogen-bond acceptors (Lipinski definition) is 5. The maximum atomic E-state index is 12.8. The number of ether oxygens (including phenoxy) is 1. The summed E-state index contributed by atoms with van der Waals surface area (Å²) < 4.78 is 7.57. The monoisotopic (exact) mass is 332 g/mol. The van der Waals surface area contributed by atoms with Crippen LogP contribution in [-0.2, 0) is 18.4 Å². The normalized spacial score (nSPS) is 14.4. The highest BCUT2D eigenvalue weighted by Crippen LogP contribution is 2.23. The molecule has 1 aliphatic rings. The third-order valence-electron chi connectivity index (χ3n) is 4.44. The van der Waals surface area contributed by atoms with E-state index < -0.39 is 11.2 Å². The lowest BCUT2D eigenvalue weighted by Gasteiger charge is -2.17. The number of nitrogens with zero attached hydrogens (tertiary/aromatic N) is 4. The topological polar surface area (TPSA) is 86.4 Å². The molecule has 1 aliphatic heterocycles. The molecular weight excluding hydrogens is 312 g/mol. The summed E-state index contributed by atoms with van der Waals surface area (Å²) in [5.41, 5.74) is -0.164. The van der Waals surface area contributed by atoms with Crippen LogP contribution in [0.1, 0.15) is 18.4 Å². The first-order valence-corrected chi connectivity index (χ1v) is 7.86. The average Bonchev–Trinajstić information content (AvgIpc) is 3.11. The number of likely N-dealkylation sites (tertiary alicyclic amines) is 1. The van der Waals surface area contributed by atoms with Crippen LogP contribution in [0.15, 0.2) is 15.8 Å². The Labute approximate surface area is 138 Å². The summed E-state index contributed by atoms with van der Waals surface area (Å²) in [6.07, 6.45) is 3.46. The number of aromatic nitrogens is 3. The maximum absolute atomic E-state index is 12.8. The minimum Gasteiger partial charge on any atom is -0.495 e. The van der Waals surface area contributed by atoms with Gasteiger partial charge in [0.1, 0.15) is 17.7 Å². The van der Waals surface area contributed by atoms with Crippen molar-refractivity contribution in [3.8, 4) is 5.75 Å². The van der Waals surface area contributed by atoms with E-state index in [1.807, 2.05) is 0 Å². The van der Waals surface area contributed by atoms with Crippen LogP contribution in [0.5, 0.6) is 5.75 Å². The highest BCUT2D eigenvalue weighted by molar-refractivity contribution is 5.83. The standard InChI is InChI=1S/C16H20N4O4/c1-10-8-17-14-12(13(10)24-3)15(22)20(16(23)18(14)2)9-11(21)19-6-4-5-7-19/h8H,4-7,9H2,1-3H3. The zero-order chi connectivity index (χ0) is 17.4. The van der Waals surface area contributed by atoms with Crippen molar-refractivity contribution in [2.24, 2.45) is 7.05 Å². The minimum absolute atomic E-state index is 0.217. The van der Waals surface area contributed by atoms with Gasteiger partial charge >= 0.3 is 5.69 Å². The summed E-state index contributed by atoms with van der Waals surface area (Å²) in [6.45, 7) is 2.85. The molecular formula is C16H20N4O4. The zero-order valence-corrected chi connectivity index (χ0v) is 14.0. The lowest BCUT2D eigenvalue weighted by molar-refractivity contribution is -0.130. The van der Waals surface area contributed by atoms with E-state index in [9.17, 15) is 14.4 Å². The van der Waals surface area contributed by atoms with E-state index in [0.717, 1.165) is 17.4 Å². The van der Waals surface area contributed by atoms with Crippen molar-refractivity contribution >= 4 is 16.9 Å². The molecule has 8 heteroatoms. The van der Waals surface area contributed by atoms with E-state index >= 15 is 0 Å². The molecule has 1 amide bonds. The van der Waals surface area contributed by atoms with Crippen LogP contribution in [0, 0.1) is 6.92 Å². The minimum atomic E-state index is -0.557. The first-order valence-electron chi connectivity index (χ1n) is 7.86. The van der Waals surface area contributed by atoms with Gasteiger partial charge in [-0.25, -0.2) is 14.3 Å². The van der Waals surface area contributed by atoms with Crippen LogP contribution >= 0.6 is 0 Å². The molecule has 1 saturated heterocycles. The molecule has 0 radical (unpaired) electrons. The third kappa shape index (κ3) is 2.47. The number of carbonyl (C=O) groups excluding carboxylic acids is 1. The SMILES string of the molecule is COc1c(C)cnc2c1c(=O)n(CC(=O)N1CCCC1)c(=O)n2C. The number of aryl methyl sites for hydroxylation is 2. The molecule has 0 aliphatic carbocycles. The third-order valence-corrected chi connectivity index (χ3v) is 4.44. The summed E-state index contributed by atoms with van der Waals surface area (Å²) in [5.74, 6) is 0.161. The number of methoxy groups -OCH3 is 1. The quantitative estimate of drug-likeness (QED) is 0.792. The smallest absolute Gasteiger partial charge is 0.332 e. The van der Waals surface area contributed by atoms with Crippen molar-refractivity contribution < 1.29 is 9.53 Å². The second-order valence-corrected chi connectivity index (χ2v) is 5.99. The molecule has 0 aromatic carbocycles. The van der Waals surface area contributed by atoms with Gasteiger partial charge in [0.2, 0.25) is 5.91 Å². The van der Waals surface area contributed by atoms with Crippen molar-refractivity contribution in [1.82, 2.24) is 19.0 Å². The first kappa shape index (κ1) is 16.2. The van der Waals surface area contributed by atoms with Gasteiger partial charge in [0, 0.05) is 31.9 Å². The van der Waals surface area contributed by atoms with Crippen molar-refractivity contribution in [2.45, 2.75) is 26.3 Å². The summed E-state index contributed by atoms with van der Waals surface area (Å²) in [4.78, 5) is 43.6. The van der Waals surface area contributed by atoms with Gasteiger partial charge in [-0.1, -0.05) is 0 Å². The fraction of sp³-hybridized carbons (Fsp3) is 0.500. The van der Waals surface area contributed by atoms with E-state index in [0.29, 0.717) is 24.4 Å². The molecule has 0 N–H and O–H groups in total. The largest absolute Gasteiger partial charge is 0.495 e. The Kier molecular flexibility index (Phi) is 4.13. The molecule has 0 atom stereocenters. The number of carbonyl (C=O) groups is 1. The van der Waals surface area contributed by atoms with Crippen LogP contribution in [0.3, 0.4) is 0 Å². The highest BCUT2D eigenvalue weighted by Gasteiger charge is 2.22. The zero-order valence-electron chi connectivity index (χ0n) is 14.0. The second kappa shape index (κ2) is 6.10. The van der Waals surface area contributed by atoms with Gasteiger partial charge in [-0.05, 0) is 19.8 Å². The van der Waals surface area contributed by atoms with Crippen LogP contribution < -0.4 is 16.0 Å². The molecule has 3 heterocycles. The molecule has 2 aromatic rings. The van der Waals surface area contributed by atoms with Gasteiger partial charge in [0.15, 0.2) is 5.65 Å². The maximum Gasteiger partial charge on any atom is 0.332 e. The summed E-state index contributed by atoms with van der Waals surface area (Å²) in [5, 5.41) is 0.217. The molecule has 0 bridgehead atoms. The number of hydrogen-bond donors (Lipinski definition) is 0. The van der Waals surface area contributed by atoms with E-state index in [1.165, 1.54) is 18.7 Å². The Morgan fingerprint density at radius 2 is 1.96 bits per heavy atom. The lowest BCUT2D eigenvalue weighted by atomic mass is 10.2. The Morgan fingerprint density at radius 3 is 2.58 bits per heavy atom. The predicted molar refractivity (Wildman–Crippen MR) is 88.3 cm³/mol. The van der Waals surface area contributed by atoms with Gasteiger partial charge in [0.25, 0.3) is 5.56 Å². The number of fused-ring (bicyclic) bond motifs is 1. The van der Waals surface area contributed by atoms with Gasteiger partial charge in [-0.3, -0.25) is 14.2 Å². The molecule has 0 unspecified atom stereocenters. The average molecular weight is 332 g/mol. The Bertz CT molecular complexity index is 922. The lowest BCUT2D eigenvalue weighted by Crippen LogP contribution is -2.44. The number of pyridine rings is 1. The molecule has 3 rings (SSSR count). The molecule has 24 heavy (non-hydrogen) atoms. The van der Waals surface area contributed by atoms with Crippen molar-refractivity contribution in [1.29, 1.82) is 0 Å². The highest BCUT2D eigenvalue weighted by atomic mass is 16.5. The van der Waals surface area contributed by atoms with Crippen LogP contribution in [0.4, 0.5) is 0 Å². The van der Waals surface area contributed by atoms with E-state index in [-0.39, 0.29) is 23.5 Å². The summed E-state index contributed by atoms with van der Waals surface area (Å²) >= 11 is 0. The molecule has 0 spiro atoms. The van der Waals surface area contributed by atoms with Crippen LogP contribution in [-0.4, -0.2) is 45.1 Å². The van der Waals surface area contributed by atoms with Crippen molar-refractivity contribution in [3.05, 3.63) is 32.6 Å². The van der Waals surface area contributed by atoms with Gasteiger partial charge < -0.3 is 9.64 Å². The fourth-order valence-corrected chi connectivity index (χ4v) is 3.12. The Morgan fingerprint density at radius 1 is 1.29 bits per heavy atom. The van der Waals surface area contributed by atoms with E-state index in [2.05, 4.69) is 4.98 Å². The van der Waals surface area contributed by atoms with Gasteiger partial charge in [-0.2, -0.15) is 0 Å². The van der Waals surface area contributed by atoms with E-state index in [4.69, 9.17) is 4.74 Å². The van der Waals surface area contributed by atoms with E-state index in [1.54, 1.807) is 18.0 Å². The Balaban J connectivity index is 2.19. The second-order valence-electron chi connectivity index (χ2n) is 5.99. The fourth-order valence-electron chi connectivity index (χ4n) is 3.12. The van der Waals surface area contributed by atoms with Gasteiger partial charge in [0.05, 0.1) is 7.11 Å². The molecule has 2 aromatic heterocycles. The Hall–Kier alpha value is -2.64. The number of amides is 1. The van der Waals surface area contributed by atoms with Crippen molar-refractivity contribution in [2.75, 3.05) is 20.2 Å². The molecule has 8 nitrogen and oxygen atoms in total. The number of rotatable bonds is 3. The molecule has 0 saturated carbocycles. The first-order chi connectivity index (χ1) is 11.5. The summed E-state index contributed by atoms with van der Waals surface area (Å²) in [7, 11) is 2.99. The van der Waals surface area contributed by atoms with Crippen molar-refractivity contribution in [3.63, 3.8) is 0 Å². The molecule has 1 fully saturated rings. The van der Waals surface area contributed by atoms with Crippen LogP contribution in [0.25, 0.3) is 11.0 Å². The van der Waals surface area contributed by atoms with Crippen LogP contribution in [0.2, 0.25) is 0 Å². The predicted octanol–water partition coefficient (Wildman–Crippen LogP) is 0.0346. The molecule has 128 valence electrons. The summed E-state index contributed by atoms with van der Waals surface area (Å²) in [6, 6.07) is 0. The van der Waals surface area contributed by atoms with Gasteiger partial charge in [-0.15, -0.1) is 0 Å².